The summed E-state index contributed by atoms with van der Waals surface area (Å²) in [5.41, 5.74) is 3.96. The second kappa shape index (κ2) is 3.50. The van der Waals surface area contributed by atoms with Crippen molar-refractivity contribution in [3.63, 3.8) is 0 Å². The third-order valence-electron chi connectivity index (χ3n) is 2.71. The second-order valence-corrected chi connectivity index (χ2v) is 3.69. The first-order valence-corrected chi connectivity index (χ1v) is 4.88. The van der Waals surface area contributed by atoms with Crippen molar-refractivity contribution in [1.82, 2.24) is 9.78 Å². The van der Waals surface area contributed by atoms with Gasteiger partial charge >= 0.3 is 0 Å². The van der Waals surface area contributed by atoms with Crippen LogP contribution in [0.1, 0.15) is 17.0 Å². The zero-order chi connectivity index (χ0) is 11.0. The van der Waals surface area contributed by atoms with E-state index in [1.807, 2.05) is 26.8 Å². The van der Waals surface area contributed by atoms with E-state index < -0.39 is 0 Å². The average molecular weight is 204 g/mol. The van der Waals surface area contributed by atoms with Crippen molar-refractivity contribution in [3.05, 3.63) is 47.0 Å². The Morgan fingerprint density at radius 2 is 1.93 bits per heavy atom. The van der Waals surface area contributed by atoms with Gasteiger partial charge in [0.05, 0.1) is 11.4 Å². The van der Waals surface area contributed by atoms with Crippen LogP contribution in [0.2, 0.25) is 0 Å². The van der Waals surface area contributed by atoms with E-state index in [1.165, 1.54) is 12.1 Å². The van der Waals surface area contributed by atoms with Gasteiger partial charge in [0.1, 0.15) is 5.82 Å². The lowest BCUT2D eigenvalue weighted by Gasteiger charge is -2.04. The highest BCUT2D eigenvalue weighted by molar-refractivity contribution is 5.36. The first-order chi connectivity index (χ1) is 7.09. The Bertz CT molecular complexity index is 500. The Morgan fingerprint density at radius 3 is 2.47 bits per heavy atom. The first kappa shape index (κ1) is 9.90. The second-order valence-electron chi connectivity index (χ2n) is 3.69. The minimum Gasteiger partial charge on any atom is -0.237 e. The molecule has 1 aromatic carbocycles. The standard InChI is InChI=1S/C12H13FN2/c1-8-9(2)14-15(10(8)3)12-6-4-5-11(13)7-12/h4-7H,1-3H3. The molecule has 0 amide bonds. The Balaban J connectivity index is 2.59. The van der Waals surface area contributed by atoms with Crippen LogP contribution in [0.5, 0.6) is 0 Å². The molecule has 2 aromatic rings. The minimum atomic E-state index is -0.238. The van der Waals surface area contributed by atoms with E-state index in [-0.39, 0.29) is 5.82 Å². The molecule has 0 spiro atoms. The third kappa shape index (κ3) is 1.65. The summed E-state index contributed by atoms with van der Waals surface area (Å²) in [5, 5.41) is 4.37. The topological polar surface area (TPSA) is 17.8 Å². The van der Waals surface area contributed by atoms with Crippen molar-refractivity contribution in [2.45, 2.75) is 20.8 Å². The van der Waals surface area contributed by atoms with E-state index >= 15 is 0 Å². The number of halogens is 1. The lowest BCUT2D eigenvalue weighted by molar-refractivity contribution is 0.625. The number of hydrogen-bond donors (Lipinski definition) is 0. The molecule has 0 saturated heterocycles. The molecule has 0 aliphatic rings. The molecule has 0 radical (unpaired) electrons. The van der Waals surface area contributed by atoms with Gasteiger partial charge in [0, 0.05) is 5.69 Å². The summed E-state index contributed by atoms with van der Waals surface area (Å²) in [6.07, 6.45) is 0. The molecular weight excluding hydrogens is 191 g/mol. The summed E-state index contributed by atoms with van der Waals surface area (Å²) in [6, 6.07) is 6.46. The van der Waals surface area contributed by atoms with E-state index in [0.717, 1.165) is 22.6 Å². The van der Waals surface area contributed by atoms with Crippen LogP contribution in [0, 0.1) is 26.6 Å². The van der Waals surface area contributed by atoms with E-state index in [4.69, 9.17) is 0 Å². The lowest BCUT2D eigenvalue weighted by atomic mass is 10.2. The van der Waals surface area contributed by atoms with Crippen LogP contribution in [0.15, 0.2) is 24.3 Å². The van der Waals surface area contributed by atoms with Gasteiger partial charge in [0.2, 0.25) is 0 Å². The van der Waals surface area contributed by atoms with Crippen LogP contribution in [-0.4, -0.2) is 9.78 Å². The Labute approximate surface area is 88.4 Å². The monoisotopic (exact) mass is 204 g/mol. The van der Waals surface area contributed by atoms with Crippen molar-refractivity contribution in [3.8, 4) is 5.69 Å². The summed E-state index contributed by atoms with van der Waals surface area (Å²) < 4.78 is 14.8. The summed E-state index contributed by atoms with van der Waals surface area (Å²) in [7, 11) is 0. The average Bonchev–Trinajstić information content (AvgIpc) is 2.46. The number of aromatic nitrogens is 2. The van der Waals surface area contributed by atoms with Crippen LogP contribution < -0.4 is 0 Å². The fraction of sp³-hybridized carbons (Fsp3) is 0.250. The molecule has 0 unspecified atom stereocenters. The molecule has 0 fully saturated rings. The van der Waals surface area contributed by atoms with Crippen molar-refractivity contribution in [2.75, 3.05) is 0 Å². The van der Waals surface area contributed by atoms with E-state index in [1.54, 1.807) is 10.7 Å². The number of benzene rings is 1. The first-order valence-electron chi connectivity index (χ1n) is 4.88. The van der Waals surface area contributed by atoms with Gasteiger partial charge in [-0.3, -0.25) is 0 Å². The van der Waals surface area contributed by atoms with Gasteiger partial charge in [-0.05, 0) is 44.5 Å². The maximum atomic E-state index is 13.1. The van der Waals surface area contributed by atoms with Crippen LogP contribution in [-0.2, 0) is 0 Å². The predicted octanol–water partition coefficient (Wildman–Crippen LogP) is 2.94. The van der Waals surface area contributed by atoms with Gasteiger partial charge < -0.3 is 0 Å². The molecule has 1 aromatic heterocycles. The normalized spacial score (nSPS) is 10.7. The molecule has 3 heteroatoms. The maximum Gasteiger partial charge on any atom is 0.125 e. The molecule has 0 atom stereocenters. The molecule has 1 heterocycles. The van der Waals surface area contributed by atoms with Gasteiger partial charge in [0.25, 0.3) is 0 Å². The van der Waals surface area contributed by atoms with Gasteiger partial charge in [-0.15, -0.1) is 0 Å². The van der Waals surface area contributed by atoms with Crippen molar-refractivity contribution >= 4 is 0 Å². The van der Waals surface area contributed by atoms with Crippen LogP contribution in [0.3, 0.4) is 0 Å². The smallest absolute Gasteiger partial charge is 0.125 e. The zero-order valence-corrected chi connectivity index (χ0v) is 9.08. The molecule has 2 rings (SSSR count). The van der Waals surface area contributed by atoms with Gasteiger partial charge in [-0.25, -0.2) is 9.07 Å². The fourth-order valence-electron chi connectivity index (χ4n) is 1.58. The summed E-state index contributed by atoms with van der Waals surface area (Å²) in [4.78, 5) is 0. The quantitative estimate of drug-likeness (QED) is 0.698. The van der Waals surface area contributed by atoms with E-state index in [0.29, 0.717) is 0 Å². The van der Waals surface area contributed by atoms with Crippen molar-refractivity contribution < 1.29 is 4.39 Å². The number of hydrogen-bond acceptors (Lipinski definition) is 1. The summed E-state index contributed by atoms with van der Waals surface area (Å²) in [5.74, 6) is -0.238. The molecular formula is C12H13FN2. The number of nitrogens with zero attached hydrogens (tertiary/aromatic N) is 2. The van der Waals surface area contributed by atoms with Crippen LogP contribution in [0.4, 0.5) is 4.39 Å². The lowest BCUT2D eigenvalue weighted by Crippen LogP contribution is -1.99. The number of rotatable bonds is 1. The molecule has 0 aliphatic heterocycles. The maximum absolute atomic E-state index is 13.1. The SMILES string of the molecule is Cc1nn(-c2cccc(F)c2)c(C)c1C. The Morgan fingerprint density at radius 1 is 1.20 bits per heavy atom. The van der Waals surface area contributed by atoms with Crippen molar-refractivity contribution in [2.24, 2.45) is 0 Å². The van der Waals surface area contributed by atoms with E-state index in [9.17, 15) is 4.39 Å². The molecule has 0 aliphatic carbocycles. The highest BCUT2D eigenvalue weighted by Gasteiger charge is 2.08. The van der Waals surface area contributed by atoms with E-state index in [2.05, 4.69) is 5.10 Å². The molecule has 15 heavy (non-hydrogen) atoms. The van der Waals surface area contributed by atoms with Crippen LogP contribution >= 0.6 is 0 Å². The largest absolute Gasteiger partial charge is 0.237 e. The molecule has 0 bridgehead atoms. The summed E-state index contributed by atoms with van der Waals surface area (Å²) in [6.45, 7) is 5.96. The van der Waals surface area contributed by atoms with Crippen LogP contribution in [0.25, 0.3) is 5.69 Å². The Hall–Kier alpha value is -1.64. The van der Waals surface area contributed by atoms with Crippen molar-refractivity contribution in [1.29, 1.82) is 0 Å². The number of aryl methyl sites for hydroxylation is 1. The van der Waals surface area contributed by atoms with Gasteiger partial charge in [-0.1, -0.05) is 6.07 Å². The molecule has 2 nitrogen and oxygen atoms in total. The minimum absolute atomic E-state index is 0.238. The Kier molecular flexibility index (Phi) is 2.31. The zero-order valence-electron chi connectivity index (χ0n) is 9.08. The molecule has 0 saturated carbocycles. The fourth-order valence-corrected chi connectivity index (χ4v) is 1.58. The highest BCUT2D eigenvalue weighted by Crippen LogP contribution is 2.17. The molecule has 0 N–H and O–H groups in total. The molecule has 78 valence electrons. The summed E-state index contributed by atoms with van der Waals surface area (Å²) >= 11 is 0. The predicted molar refractivity (Wildman–Crippen MR) is 57.7 cm³/mol. The highest BCUT2D eigenvalue weighted by atomic mass is 19.1. The van der Waals surface area contributed by atoms with Gasteiger partial charge in [-0.2, -0.15) is 5.10 Å². The third-order valence-corrected chi connectivity index (χ3v) is 2.71. The van der Waals surface area contributed by atoms with Gasteiger partial charge in [0.15, 0.2) is 0 Å².